The van der Waals surface area contributed by atoms with Gasteiger partial charge in [0.2, 0.25) is 0 Å². The van der Waals surface area contributed by atoms with Gasteiger partial charge in [-0.25, -0.2) is 0 Å². The van der Waals surface area contributed by atoms with Gasteiger partial charge >= 0.3 is 0 Å². The lowest BCUT2D eigenvalue weighted by atomic mass is 9.95. The van der Waals surface area contributed by atoms with Crippen LogP contribution in [0.4, 0.5) is 0 Å². The average molecular weight is 197 g/mol. The van der Waals surface area contributed by atoms with Gasteiger partial charge in [0.15, 0.2) is 0 Å². The quantitative estimate of drug-likeness (QED) is 0.750. The van der Waals surface area contributed by atoms with Crippen LogP contribution in [0.2, 0.25) is 0 Å². The standard InChI is InChI=1S/C12H23NO/c1-14-12-8-7-11(9-12)13-10-5-3-2-4-6-10/h10-13H,2-9H2,1H3. The predicted octanol–water partition coefficient (Wildman–Crippen LogP) is 2.48. The first-order valence-corrected chi connectivity index (χ1v) is 6.17. The molecular formula is C12H23NO. The van der Waals surface area contributed by atoms with Crippen molar-refractivity contribution in [3.63, 3.8) is 0 Å². The molecule has 2 atom stereocenters. The van der Waals surface area contributed by atoms with Crippen molar-refractivity contribution in [2.45, 2.75) is 69.6 Å². The maximum atomic E-state index is 5.39. The van der Waals surface area contributed by atoms with Gasteiger partial charge in [-0.15, -0.1) is 0 Å². The second kappa shape index (κ2) is 5.13. The van der Waals surface area contributed by atoms with Crippen molar-refractivity contribution in [2.75, 3.05) is 7.11 Å². The normalized spacial score (nSPS) is 34.9. The molecule has 0 heterocycles. The van der Waals surface area contributed by atoms with Gasteiger partial charge in [-0.3, -0.25) is 0 Å². The number of ether oxygens (including phenoxy) is 1. The molecule has 2 saturated carbocycles. The van der Waals surface area contributed by atoms with Crippen LogP contribution < -0.4 is 5.32 Å². The minimum absolute atomic E-state index is 0.524. The summed E-state index contributed by atoms with van der Waals surface area (Å²) >= 11 is 0. The SMILES string of the molecule is COC1CCC(NC2CCCCC2)C1. The van der Waals surface area contributed by atoms with E-state index in [1.807, 2.05) is 7.11 Å². The van der Waals surface area contributed by atoms with E-state index < -0.39 is 0 Å². The number of methoxy groups -OCH3 is 1. The van der Waals surface area contributed by atoms with E-state index >= 15 is 0 Å². The third-order valence-corrected chi connectivity index (χ3v) is 3.79. The molecule has 0 aromatic carbocycles. The first-order chi connectivity index (χ1) is 6.88. The summed E-state index contributed by atoms with van der Waals surface area (Å²) in [6, 6.07) is 1.55. The van der Waals surface area contributed by atoms with Crippen molar-refractivity contribution in [1.29, 1.82) is 0 Å². The van der Waals surface area contributed by atoms with Gasteiger partial charge in [0, 0.05) is 19.2 Å². The summed E-state index contributed by atoms with van der Waals surface area (Å²) < 4.78 is 5.39. The van der Waals surface area contributed by atoms with Gasteiger partial charge in [-0.2, -0.15) is 0 Å². The van der Waals surface area contributed by atoms with E-state index in [-0.39, 0.29) is 0 Å². The smallest absolute Gasteiger partial charge is 0.0586 e. The van der Waals surface area contributed by atoms with Crippen LogP contribution in [-0.2, 0) is 4.74 Å². The highest BCUT2D eigenvalue weighted by Crippen LogP contribution is 2.24. The second-order valence-corrected chi connectivity index (χ2v) is 4.87. The molecule has 2 unspecified atom stereocenters. The van der Waals surface area contributed by atoms with Crippen molar-refractivity contribution in [3.05, 3.63) is 0 Å². The van der Waals surface area contributed by atoms with Crippen molar-refractivity contribution < 1.29 is 4.74 Å². The highest BCUT2D eigenvalue weighted by atomic mass is 16.5. The molecular weight excluding hydrogens is 174 g/mol. The molecule has 2 aliphatic rings. The van der Waals surface area contributed by atoms with Gasteiger partial charge in [0.1, 0.15) is 0 Å². The Hall–Kier alpha value is -0.0800. The Balaban J connectivity index is 1.69. The summed E-state index contributed by atoms with van der Waals surface area (Å²) in [5.74, 6) is 0. The van der Waals surface area contributed by atoms with E-state index in [0.29, 0.717) is 6.10 Å². The van der Waals surface area contributed by atoms with Crippen LogP contribution in [0, 0.1) is 0 Å². The number of nitrogens with one attached hydrogen (secondary N) is 1. The molecule has 0 spiro atoms. The summed E-state index contributed by atoms with van der Waals surface area (Å²) in [5, 5.41) is 3.80. The van der Waals surface area contributed by atoms with Gasteiger partial charge in [0.25, 0.3) is 0 Å². The summed E-state index contributed by atoms with van der Waals surface area (Å²) in [7, 11) is 1.84. The van der Waals surface area contributed by atoms with Crippen molar-refractivity contribution >= 4 is 0 Å². The molecule has 2 fully saturated rings. The van der Waals surface area contributed by atoms with Gasteiger partial charge < -0.3 is 10.1 Å². The number of rotatable bonds is 3. The summed E-state index contributed by atoms with van der Waals surface area (Å²) in [5.41, 5.74) is 0. The fraction of sp³-hybridized carbons (Fsp3) is 1.00. The molecule has 14 heavy (non-hydrogen) atoms. The van der Waals surface area contributed by atoms with Gasteiger partial charge in [-0.05, 0) is 32.1 Å². The van der Waals surface area contributed by atoms with E-state index in [1.54, 1.807) is 0 Å². The summed E-state index contributed by atoms with van der Waals surface area (Å²) in [6.45, 7) is 0. The summed E-state index contributed by atoms with van der Waals surface area (Å²) in [4.78, 5) is 0. The van der Waals surface area contributed by atoms with Crippen molar-refractivity contribution in [2.24, 2.45) is 0 Å². The van der Waals surface area contributed by atoms with Crippen LogP contribution in [0.1, 0.15) is 51.4 Å². The molecule has 0 aromatic heterocycles. The third kappa shape index (κ3) is 2.71. The van der Waals surface area contributed by atoms with E-state index in [1.165, 1.54) is 51.4 Å². The van der Waals surface area contributed by atoms with Crippen LogP contribution in [0.3, 0.4) is 0 Å². The molecule has 2 nitrogen and oxygen atoms in total. The monoisotopic (exact) mass is 197 g/mol. The first kappa shape index (κ1) is 10.4. The van der Waals surface area contributed by atoms with Crippen LogP contribution in [0.25, 0.3) is 0 Å². The zero-order valence-electron chi connectivity index (χ0n) is 9.30. The van der Waals surface area contributed by atoms with E-state index in [4.69, 9.17) is 4.74 Å². The Bertz CT molecular complexity index is 166. The summed E-state index contributed by atoms with van der Waals surface area (Å²) in [6.07, 6.45) is 11.4. The van der Waals surface area contributed by atoms with Crippen molar-refractivity contribution in [1.82, 2.24) is 5.32 Å². The molecule has 0 bridgehead atoms. The molecule has 0 radical (unpaired) electrons. The number of hydrogen-bond donors (Lipinski definition) is 1. The van der Waals surface area contributed by atoms with Gasteiger partial charge in [-0.1, -0.05) is 19.3 Å². The molecule has 1 N–H and O–H groups in total. The Labute approximate surface area is 87.4 Å². The van der Waals surface area contributed by atoms with Crippen LogP contribution in [0.15, 0.2) is 0 Å². The lowest BCUT2D eigenvalue weighted by Crippen LogP contribution is -2.38. The minimum atomic E-state index is 0.524. The average Bonchev–Trinajstić information content (AvgIpc) is 2.67. The van der Waals surface area contributed by atoms with E-state index in [9.17, 15) is 0 Å². The molecule has 0 amide bonds. The third-order valence-electron chi connectivity index (χ3n) is 3.79. The zero-order valence-corrected chi connectivity index (χ0v) is 9.30. The molecule has 0 saturated heterocycles. The van der Waals surface area contributed by atoms with Crippen LogP contribution >= 0.6 is 0 Å². The molecule has 2 heteroatoms. The second-order valence-electron chi connectivity index (χ2n) is 4.87. The van der Waals surface area contributed by atoms with Crippen LogP contribution in [-0.4, -0.2) is 25.3 Å². The molecule has 2 rings (SSSR count). The van der Waals surface area contributed by atoms with Gasteiger partial charge in [0.05, 0.1) is 6.10 Å². The van der Waals surface area contributed by atoms with Crippen LogP contribution in [0.5, 0.6) is 0 Å². The lowest BCUT2D eigenvalue weighted by molar-refractivity contribution is 0.106. The Morgan fingerprint density at radius 2 is 1.71 bits per heavy atom. The molecule has 2 aliphatic carbocycles. The molecule has 0 aliphatic heterocycles. The number of hydrogen-bond acceptors (Lipinski definition) is 2. The largest absolute Gasteiger partial charge is 0.381 e. The maximum absolute atomic E-state index is 5.39. The Morgan fingerprint density at radius 3 is 2.36 bits per heavy atom. The fourth-order valence-corrected chi connectivity index (χ4v) is 2.91. The predicted molar refractivity (Wildman–Crippen MR) is 58.4 cm³/mol. The van der Waals surface area contributed by atoms with E-state index in [0.717, 1.165) is 12.1 Å². The fourth-order valence-electron chi connectivity index (χ4n) is 2.91. The Morgan fingerprint density at radius 1 is 0.929 bits per heavy atom. The lowest BCUT2D eigenvalue weighted by Gasteiger charge is -2.26. The minimum Gasteiger partial charge on any atom is -0.381 e. The van der Waals surface area contributed by atoms with E-state index in [2.05, 4.69) is 5.32 Å². The molecule has 0 aromatic rings. The topological polar surface area (TPSA) is 21.3 Å². The Kier molecular flexibility index (Phi) is 3.82. The highest BCUT2D eigenvalue weighted by molar-refractivity contribution is 4.84. The zero-order chi connectivity index (χ0) is 9.80. The highest BCUT2D eigenvalue weighted by Gasteiger charge is 2.26. The first-order valence-electron chi connectivity index (χ1n) is 6.17. The maximum Gasteiger partial charge on any atom is 0.0586 e. The molecule has 82 valence electrons. The van der Waals surface area contributed by atoms with Crippen molar-refractivity contribution in [3.8, 4) is 0 Å².